The van der Waals surface area contributed by atoms with Crippen molar-refractivity contribution >= 4 is 0 Å². The van der Waals surface area contributed by atoms with Gasteiger partial charge in [0.15, 0.2) is 11.6 Å². The fraction of sp³-hybridized carbons (Fsp3) is 0.625. The highest BCUT2D eigenvalue weighted by atomic mass is 19.1. The van der Waals surface area contributed by atoms with Crippen molar-refractivity contribution in [3.05, 3.63) is 29.6 Å². The van der Waals surface area contributed by atoms with Crippen molar-refractivity contribution in [1.29, 1.82) is 0 Å². The first-order valence-corrected chi connectivity index (χ1v) is 7.20. The molecule has 0 spiro atoms. The van der Waals surface area contributed by atoms with Crippen LogP contribution in [0.5, 0.6) is 5.75 Å². The second-order valence-electron chi connectivity index (χ2n) is 4.97. The summed E-state index contributed by atoms with van der Waals surface area (Å²) in [4.78, 5) is 0. The lowest BCUT2D eigenvalue weighted by molar-refractivity contribution is 0.162. The SMILES string of the molecule is CCCCCCCCC(O)c1ccc(OC)c(F)c1. The van der Waals surface area contributed by atoms with Crippen LogP contribution in [0.25, 0.3) is 0 Å². The predicted octanol–water partition coefficient (Wildman–Crippen LogP) is 4.62. The van der Waals surface area contributed by atoms with Crippen LogP contribution in [0, 0.1) is 5.82 Å². The van der Waals surface area contributed by atoms with Crippen molar-refractivity contribution in [2.45, 2.75) is 58.0 Å². The first-order valence-electron chi connectivity index (χ1n) is 7.20. The van der Waals surface area contributed by atoms with E-state index in [9.17, 15) is 9.50 Å². The Labute approximate surface area is 115 Å². The number of aliphatic hydroxyl groups excluding tert-OH is 1. The Morgan fingerprint density at radius 3 is 2.47 bits per heavy atom. The maximum atomic E-state index is 13.5. The molecule has 19 heavy (non-hydrogen) atoms. The number of methoxy groups -OCH3 is 1. The lowest BCUT2D eigenvalue weighted by Gasteiger charge is -2.12. The molecule has 0 aromatic heterocycles. The normalized spacial score (nSPS) is 12.4. The number of aliphatic hydroxyl groups is 1. The molecule has 108 valence electrons. The van der Waals surface area contributed by atoms with Gasteiger partial charge in [-0.25, -0.2) is 4.39 Å². The van der Waals surface area contributed by atoms with Gasteiger partial charge in [-0.15, -0.1) is 0 Å². The molecular weight excluding hydrogens is 243 g/mol. The zero-order valence-corrected chi connectivity index (χ0v) is 12.0. The highest BCUT2D eigenvalue weighted by molar-refractivity contribution is 5.30. The summed E-state index contributed by atoms with van der Waals surface area (Å²) in [6, 6.07) is 4.65. The van der Waals surface area contributed by atoms with Crippen molar-refractivity contribution in [2.24, 2.45) is 0 Å². The quantitative estimate of drug-likeness (QED) is 0.662. The molecule has 1 N–H and O–H groups in total. The molecule has 1 unspecified atom stereocenters. The third-order valence-corrected chi connectivity index (χ3v) is 3.39. The van der Waals surface area contributed by atoms with Gasteiger partial charge in [-0.05, 0) is 24.1 Å². The molecule has 0 aliphatic heterocycles. The highest BCUT2D eigenvalue weighted by Crippen LogP contribution is 2.25. The molecule has 0 heterocycles. The van der Waals surface area contributed by atoms with Crippen molar-refractivity contribution in [2.75, 3.05) is 7.11 Å². The minimum atomic E-state index is -0.577. The van der Waals surface area contributed by atoms with Crippen molar-refractivity contribution in [3.63, 3.8) is 0 Å². The number of unbranched alkanes of at least 4 members (excludes halogenated alkanes) is 5. The Balaban J connectivity index is 2.33. The molecule has 0 saturated heterocycles. The van der Waals surface area contributed by atoms with Crippen LogP contribution in [0.2, 0.25) is 0 Å². The van der Waals surface area contributed by atoms with Crippen molar-refractivity contribution < 1.29 is 14.2 Å². The minimum Gasteiger partial charge on any atom is -0.494 e. The van der Waals surface area contributed by atoms with Gasteiger partial charge in [0.1, 0.15) is 0 Å². The van der Waals surface area contributed by atoms with E-state index in [1.807, 2.05) is 0 Å². The van der Waals surface area contributed by atoms with Crippen LogP contribution in [-0.2, 0) is 0 Å². The van der Waals surface area contributed by atoms with Crippen LogP contribution in [0.4, 0.5) is 4.39 Å². The number of rotatable bonds is 9. The van der Waals surface area contributed by atoms with Crippen molar-refractivity contribution in [3.8, 4) is 5.75 Å². The molecule has 3 heteroatoms. The summed E-state index contributed by atoms with van der Waals surface area (Å²) in [6.45, 7) is 2.20. The van der Waals surface area contributed by atoms with E-state index in [1.54, 1.807) is 12.1 Å². The van der Waals surface area contributed by atoms with Gasteiger partial charge in [0, 0.05) is 0 Å². The lowest BCUT2D eigenvalue weighted by Crippen LogP contribution is -1.99. The zero-order chi connectivity index (χ0) is 14.1. The summed E-state index contributed by atoms with van der Waals surface area (Å²) < 4.78 is 18.4. The topological polar surface area (TPSA) is 29.5 Å². The average Bonchev–Trinajstić information content (AvgIpc) is 2.42. The van der Waals surface area contributed by atoms with Gasteiger partial charge < -0.3 is 9.84 Å². The largest absolute Gasteiger partial charge is 0.494 e. The van der Waals surface area contributed by atoms with E-state index < -0.39 is 11.9 Å². The van der Waals surface area contributed by atoms with Gasteiger partial charge in [-0.1, -0.05) is 51.5 Å². The third-order valence-electron chi connectivity index (χ3n) is 3.39. The highest BCUT2D eigenvalue weighted by Gasteiger charge is 2.10. The Bertz CT molecular complexity index is 366. The second-order valence-corrected chi connectivity index (χ2v) is 4.97. The number of ether oxygens (including phenoxy) is 1. The first kappa shape index (κ1) is 16.0. The van der Waals surface area contributed by atoms with Crippen LogP contribution in [0.1, 0.15) is 63.5 Å². The summed E-state index contributed by atoms with van der Waals surface area (Å²) in [5.74, 6) is -0.197. The fourth-order valence-electron chi connectivity index (χ4n) is 2.17. The molecule has 0 aliphatic carbocycles. The molecule has 0 fully saturated rings. The Hall–Kier alpha value is -1.09. The predicted molar refractivity (Wildman–Crippen MR) is 75.9 cm³/mol. The van der Waals surface area contributed by atoms with Crippen LogP contribution in [0.15, 0.2) is 18.2 Å². The Morgan fingerprint density at radius 2 is 1.84 bits per heavy atom. The van der Waals surface area contributed by atoms with Crippen LogP contribution in [0.3, 0.4) is 0 Å². The van der Waals surface area contributed by atoms with Gasteiger partial charge in [-0.2, -0.15) is 0 Å². The van der Waals surface area contributed by atoms with Gasteiger partial charge in [0.25, 0.3) is 0 Å². The van der Waals surface area contributed by atoms with Gasteiger partial charge >= 0.3 is 0 Å². The molecule has 0 saturated carbocycles. The Kier molecular flexibility index (Phi) is 7.49. The molecular formula is C16H25FO2. The van der Waals surface area contributed by atoms with Crippen LogP contribution in [-0.4, -0.2) is 12.2 Å². The smallest absolute Gasteiger partial charge is 0.165 e. The van der Waals surface area contributed by atoms with Gasteiger partial charge in [0.05, 0.1) is 13.2 Å². The summed E-state index contributed by atoms with van der Waals surface area (Å²) in [5, 5.41) is 10.0. The summed E-state index contributed by atoms with van der Waals surface area (Å²) >= 11 is 0. The summed E-state index contributed by atoms with van der Waals surface area (Å²) in [5.41, 5.74) is 0.631. The minimum absolute atomic E-state index is 0.218. The van der Waals surface area contributed by atoms with E-state index in [4.69, 9.17) is 4.74 Å². The zero-order valence-electron chi connectivity index (χ0n) is 12.0. The molecule has 1 rings (SSSR count). The molecule has 0 radical (unpaired) electrons. The van der Waals surface area contributed by atoms with Crippen LogP contribution >= 0.6 is 0 Å². The molecule has 0 amide bonds. The summed E-state index contributed by atoms with van der Waals surface area (Å²) in [6.07, 6.45) is 7.25. The monoisotopic (exact) mass is 268 g/mol. The van der Waals surface area contributed by atoms with Crippen molar-refractivity contribution in [1.82, 2.24) is 0 Å². The van der Waals surface area contributed by atoms with E-state index in [-0.39, 0.29) is 5.75 Å². The number of halogens is 1. The fourth-order valence-corrected chi connectivity index (χ4v) is 2.17. The second kappa shape index (κ2) is 8.92. The number of hydrogen-bond donors (Lipinski definition) is 1. The molecule has 1 aromatic rings. The van der Waals surface area contributed by atoms with Gasteiger partial charge in [-0.3, -0.25) is 0 Å². The lowest BCUT2D eigenvalue weighted by atomic mass is 10.0. The maximum absolute atomic E-state index is 13.5. The number of hydrogen-bond acceptors (Lipinski definition) is 2. The molecule has 1 aromatic carbocycles. The standard InChI is InChI=1S/C16H25FO2/c1-3-4-5-6-7-8-9-15(18)13-10-11-16(19-2)14(17)12-13/h10-12,15,18H,3-9H2,1-2H3. The van der Waals surface area contributed by atoms with E-state index in [0.717, 1.165) is 12.8 Å². The van der Waals surface area contributed by atoms with Gasteiger partial charge in [0.2, 0.25) is 0 Å². The third kappa shape index (κ3) is 5.60. The Morgan fingerprint density at radius 1 is 1.16 bits per heavy atom. The average molecular weight is 268 g/mol. The number of benzene rings is 1. The first-order chi connectivity index (χ1) is 9.19. The van der Waals surface area contributed by atoms with E-state index in [1.165, 1.54) is 38.9 Å². The molecule has 0 bridgehead atoms. The van der Waals surface area contributed by atoms with E-state index >= 15 is 0 Å². The molecule has 1 atom stereocenters. The molecule has 2 nitrogen and oxygen atoms in total. The maximum Gasteiger partial charge on any atom is 0.165 e. The van der Waals surface area contributed by atoms with E-state index in [0.29, 0.717) is 12.0 Å². The molecule has 0 aliphatic rings. The van der Waals surface area contributed by atoms with E-state index in [2.05, 4.69) is 6.92 Å². The van der Waals surface area contributed by atoms with Crippen LogP contribution < -0.4 is 4.74 Å². The summed E-state index contributed by atoms with van der Waals surface area (Å²) in [7, 11) is 1.44.